The molecule has 0 radical (unpaired) electrons. The summed E-state index contributed by atoms with van der Waals surface area (Å²) in [5.41, 5.74) is -1.08. The molecule has 1 heterocycles. The second kappa shape index (κ2) is 7.13. The number of piperazine rings is 1. The van der Waals surface area contributed by atoms with Crippen molar-refractivity contribution >= 4 is 27.5 Å². The highest BCUT2D eigenvalue weighted by atomic mass is 35.5. The molecule has 0 N–H and O–H groups in total. The summed E-state index contributed by atoms with van der Waals surface area (Å²) < 4.78 is 64.9. The van der Waals surface area contributed by atoms with Crippen LogP contribution in [-0.4, -0.2) is 49.7 Å². The molecule has 5 nitrogen and oxygen atoms in total. The molecular weight excluding hydrogens is 381 g/mol. The van der Waals surface area contributed by atoms with Gasteiger partial charge < -0.3 is 4.90 Å². The van der Waals surface area contributed by atoms with E-state index in [1.165, 1.54) is 0 Å². The van der Waals surface area contributed by atoms with E-state index in [4.69, 9.17) is 11.6 Å². The van der Waals surface area contributed by atoms with Crippen molar-refractivity contribution in [3.8, 4) is 0 Å². The van der Waals surface area contributed by atoms with Gasteiger partial charge >= 0.3 is 6.18 Å². The monoisotopic (exact) mass is 398 g/mol. The summed E-state index contributed by atoms with van der Waals surface area (Å²) in [7, 11) is -4.18. The van der Waals surface area contributed by atoms with Crippen LogP contribution in [-0.2, 0) is 21.0 Å². The van der Waals surface area contributed by atoms with Crippen molar-refractivity contribution in [2.24, 2.45) is 5.92 Å². The molecule has 0 saturated carbocycles. The second-order valence-corrected chi connectivity index (χ2v) is 8.34. The van der Waals surface area contributed by atoms with Gasteiger partial charge in [-0.2, -0.15) is 17.5 Å². The predicted octanol–water partition coefficient (Wildman–Crippen LogP) is 2.85. The topological polar surface area (TPSA) is 57.7 Å². The Morgan fingerprint density at radius 2 is 1.72 bits per heavy atom. The van der Waals surface area contributed by atoms with Gasteiger partial charge in [-0.3, -0.25) is 4.79 Å². The van der Waals surface area contributed by atoms with Crippen LogP contribution in [0.5, 0.6) is 0 Å². The maximum atomic E-state index is 12.9. The Balaban J connectivity index is 2.25. The molecule has 25 heavy (non-hydrogen) atoms. The van der Waals surface area contributed by atoms with Crippen molar-refractivity contribution < 1.29 is 26.4 Å². The van der Waals surface area contributed by atoms with E-state index in [-0.39, 0.29) is 43.0 Å². The molecule has 0 unspecified atom stereocenters. The summed E-state index contributed by atoms with van der Waals surface area (Å²) in [4.78, 5) is 12.9. The van der Waals surface area contributed by atoms with Crippen molar-refractivity contribution in [3.05, 3.63) is 28.8 Å². The van der Waals surface area contributed by atoms with Crippen LogP contribution >= 0.6 is 11.6 Å². The van der Waals surface area contributed by atoms with E-state index >= 15 is 0 Å². The molecular formula is C15H18ClF3N2O3S. The molecule has 1 aromatic carbocycles. The molecule has 2 rings (SSSR count). The van der Waals surface area contributed by atoms with Gasteiger partial charge in [0.1, 0.15) is 4.90 Å². The quantitative estimate of drug-likeness (QED) is 0.786. The second-order valence-electron chi connectivity index (χ2n) is 6.03. The van der Waals surface area contributed by atoms with Gasteiger partial charge in [-0.1, -0.05) is 25.4 Å². The number of alkyl halides is 3. The van der Waals surface area contributed by atoms with Gasteiger partial charge in [-0.15, -0.1) is 0 Å². The number of sulfonamides is 1. The summed E-state index contributed by atoms with van der Waals surface area (Å²) in [6.07, 6.45) is -4.67. The number of rotatable bonds is 3. The van der Waals surface area contributed by atoms with Gasteiger partial charge in [0.2, 0.25) is 15.9 Å². The fourth-order valence-corrected chi connectivity index (χ4v) is 4.45. The Morgan fingerprint density at radius 1 is 1.16 bits per heavy atom. The third-order valence-corrected chi connectivity index (χ3v) is 6.30. The number of halogens is 4. The Kier molecular flexibility index (Phi) is 5.70. The van der Waals surface area contributed by atoms with Crippen molar-refractivity contribution in [2.45, 2.75) is 24.9 Å². The van der Waals surface area contributed by atoms with Crippen LogP contribution in [0.3, 0.4) is 0 Å². The number of hydrogen-bond donors (Lipinski definition) is 0. The number of carbonyl (C=O) groups is 1. The van der Waals surface area contributed by atoms with Crippen LogP contribution in [0.1, 0.15) is 19.4 Å². The van der Waals surface area contributed by atoms with Gasteiger partial charge in [0.25, 0.3) is 0 Å². The van der Waals surface area contributed by atoms with Crippen molar-refractivity contribution in [1.82, 2.24) is 9.21 Å². The van der Waals surface area contributed by atoms with Crippen molar-refractivity contribution in [3.63, 3.8) is 0 Å². The molecule has 0 aromatic heterocycles. The predicted molar refractivity (Wildman–Crippen MR) is 86.6 cm³/mol. The average Bonchev–Trinajstić information content (AvgIpc) is 2.53. The van der Waals surface area contributed by atoms with E-state index in [1.54, 1.807) is 18.7 Å². The number of amides is 1. The smallest absolute Gasteiger partial charge is 0.340 e. The normalized spacial score (nSPS) is 17.2. The van der Waals surface area contributed by atoms with Crippen LogP contribution in [0.15, 0.2) is 23.1 Å². The van der Waals surface area contributed by atoms with Crippen molar-refractivity contribution in [2.75, 3.05) is 26.2 Å². The third-order valence-electron chi connectivity index (χ3n) is 3.92. The van der Waals surface area contributed by atoms with E-state index in [2.05, 4.69) is 0 Å². The van der Waals surface area contributed by atoms with Gasteiger partial charge in [-0.25, -0.2) is 8.42 Å². The number of benzene rings is 1. The zero-order valence-electron chi connectivity index (χ0n) is 13.7. The van der Waals surface area contributed by atoms with Gasteiger partial charge in [0.15, 0.2) is 0 Å². The number of carbonyl (C=O) groups excluding carboxylic acids is 1. The molecule has 140 valence electrons. The summed E-state index contributed by atoms with van der Waals surface area (Å²) >= 11 is 5.83. The maximum Gasteiger partial charge on any atom is 0.416 e. The van der Waals surface area contributed by atoms with Crippen LogP contribution in [0.25, 0.3) is 0 Å². The minimum Gasteiger partial charge on any atom is -0.340 e. The summed E-state index contributed by atoms with van der Waals surface area (Å²) in [6, 6.07) is 2.21. The highest BCUT2D eigenvalue weighted by molar-refractivity contribution is 7.89. The van der Waals surface area contributed by atoms with E-state index in [0.29, 0.717) is 6.07 Å². The zero-order valence-corrected chi connectivity index (χ0v) is 15.2. The standard InChI is InChI=1S/C15H18ClF3N2O3S/c1-10(2)14(22)20-5-7-21(8-6-20)25(23,24)13-9-11(15(17,18)19)3-4-12(13)16/h3-4,9-10H,5-8H2,1-2H3. The first-order valence-corrected chi connectivity index (χ1v) is 9.42. The minimum atomic E-state index is -4.67. The molecule has 10 heteroatoms. The lowest BCUT2D eigenvalue weighted by molar-refractivity contribution is -0.138. The Labute approximate surface area is 149 Å². The molecule has 0 bridgehead atoms. The van der Waals surface area contributed by atoms with Crippen LogP contribution in [0, 0.1) is 5.92 Å². The molecule has 0 spiro atoms. The fourth-order valence-electron chi connectivity index (χ4n) is 2.53. The third kappa shape index (κ3) is 4.27. The van der Waals surface area contributed by atoms with Gasteiger partial charge in [0, 0.05) is 32.1 Å². The van der Waals surface area contributed by atoms with E-state index in [1.807, 2.05) is 0 Å². The highest BCUT2D eigenvalue weighted by Crippen LogP contribution is 2.34. The van der Waals surface area contributed by atoms with Crippen LogP contribution < -0.4 is 0 Å². The number of hydrogen-bond acceptors (Lipinski definition) is 3. The molecule has 1 amide bonds. The minimum absolute atomic E-state index is 0.00731. The molecule has 1 aliphatic rings. The zero-order chi connectivity index (χ0) is 19.0. The molecule has 1 fully saturated rings. The maximum absolute atomic E-state index is 12.9. The summed E-state index contributed by atoms with van der Waals surface area (Å²) in [5, 5.41) is -0.270. The lowest BCUT2D eigenvalue weighted by atomic mass is 10.2. The molecule has 0 atom stereocenters. The molecule has 1 saturated heterocycles. The molecule has 1 aliphatic heterocycles. The summed E-state index contributed by atoms with van der Waals surface area (Å²) in [6.45, 7) is 3.88. The first kappa shape index (κ1) is 20.0. The average molecular weight is 399 g/mol. The fraction of sp³-hybridized carbons (Fsp3) is 0.533. The lowest BCUT2D eigenvalue weighted by Gasteiger charge is -2.35. The van der Waals surface area contributed by atoms with Gasteiger partial charge in [0.05, 0.1) is 10.6 Å². The Morgan fingerprint density at radius 3 is 2.20 bits per heavy atom. The molecule has 1 aromatic rings. The van der Waals surface area contributed by atoms with Gasteiger partial charge in [-0.05, 0) is 18.2 Å². The summed E-state index contributed by atoms with van der Waals surface area (Å²) in [5.74, 6) is -0.296. The Hall–Kier alpha value is -1.32. The largest absolute Gasteiger partial charge is 0.416 e. The van der Waals surface area contributed by atoms with Crippen LogP contribution in [0.2, 0.25) is 5.02 Å². The number of nitrogens with zero attached hydrogens (tertiary/aromatic N) is 2. The first-order valence-electron chi connectivity index (χ1n) is 7.60. The van der Waals surface area contributed by atoms with E-state index in [0.717, 1.165) is 16.4 Å². The molecule has 0 aliphatic carbocycles. The van der Waals surface area contributed by atoms with Crippen molar-refractivity contribution in [1.29, 1.82) is 0 Å². The Bertz CT molecular complexity index is 758. The SMILES string of the molecule is CC(C)C(=O)N1CCN(S(=O)(=O)c2cc(C(F)(F)F)ccc2Cl)CC1. The van der Waals surface area contributed by atoms with E-state index in [9.17, 15) is 26.4 Å². The van der Waals surface area contributed by atoms with Crippen LogP contribution in [0.4, 0.5) is 13.2 Å². The van der Waals surface area contributed by atoms with E-state index < -0.39 is 26.7 Å². The highest BCUT2D eigenvalue weighted by Gasteiger charge is 2.36. The first-order chi connectivity index (χ1) is 11.4. The lowest BCUT2D eigenvalue weighted by Crippen LogP contribution is -2.51.